The summed E-state index contributed by atoms with van der Waals surface area (Å²) in [6, 6.07) is 9.42. The van der Waals surface area contributed by atoms with Gasteiger partial charge in [0.1, 0.15) is 5.25 Å². The molecule has 0 atom stereocenters. The highest BCUT2D eigenvalue weighted by molar-refractivity contribution is 8.03. The largest absolute Gasteiger partial charge is 0.397 e. The molecule has 0 bridgehead atoms. The molecule has 23 heavy (non-hydrogen) atoms. The van der Waals surface area contributed by atoms with Gasteiger partial charge < -0.3 is 5.73 Å². The Labute approximate surface area is 143 Å². The number of benzene rings is 1. The van der Waals surface area contributed by atoms with Crippen molar-refractivity contribution in [1.29, 1.82) is 0 Å². The number of carbonyl (C=O) groups is 3. The van der Waals surface area contributed by atoms with Crippen molar-refractivity contribution in [2.75, 3.05) is 5.73 Å². The zero-order chi connectivity index (χ0) is 17.1. The molecule has 0 aliphatic heterocycles. The number of carbonyl (C=O) groups excluding carboxylic acids is 3. The Bertz CT molecular complexity index is 752. The van der Waals surface area contributed by atoms with E-state index in [0.717, 1.165) is 11.1 Å². The smallest absolute Gasteiger partial charge is 0.171 e. The molecule has 0 aliphatic carbocycles. The highest BCUT2D eigenvalue weighted by Crippen LogP contribution is 2.46. The molecular weight excluding hydrogens is 330 g/mol. The van der Waals surface area contributed by atoms with Crippen LogP contribution in [0.1, 0.15) is 30.4 Å². The highest BCUT2D eigenvalue weighted by Gasteiger charge is 2.27. The molecule has 1 heterocycles. The van der Waals surface area contributed by atoms with Crippen LogP contribution < -0.4 is 5.73 Å². The van der Waals surface area contributed by atoms with Gasteiger partial charge in [0.05, 0.1) is 14.8 Å². The summed E-state index contributed by atoms with van der Waals surface area (Å²) in [5, 5.41) is -0.782. The zero-order valence-corrected chi connectivity index (χ0v) is 14.7. The van der Waals surface area contributed by atoms with E-state index in [1.807, 2.05) is 30.3 Å². The average Bonchev–Trinajstić information content (AvgIpc) is 2.81. The summed E-state index contributed by atoms with van der Waals surface area (Å²) >= 11 is 2.40. The van der Waals surface area contributed by atoms with Gasteiger partial charge in [0.25, 0.3) is 0 Å². The van der Waals surface area contributed by atoms with Crippen LogP contribution >= 0.6 is 23.1 Å². The Hall–Kier alpha value is -1.92. The van der Waals surface area contributed by atoms with Gasteiger partial charge in [0.2, 0.25) is 0 Å². The minimum Gasteiger partial charge on any atom is -0.397 e. The fraction of sp³-hybridized carbons (Fsp3) is 0.235. The van der Waals surface area contributed by atoms with Crippen LogP contribution in [-0.2, 0) is 9.59 Å². The van der Waals surface area contributed by atoms with Gasteiger partial charge in [-0.1, -0.05) is 42.1 Å². The molecule has 6 heteroatoms. The average molecular weight is 347 g/mol. The predicted octanol–water partition coefficient (Wildman–Crippen LogP) is 3.84. The summed E-state index contributed by atoms with van der Waals surface area (Å²) in [6.45, 7) is 4.24. The first-order valence-electron chi connectivity index (χ1n) is 6.99. The normalized spacial score (nSPS) is 10.8. The maximum atomic E-state index is 11.8. The molecule has 0 unspecified atom stereocenters. The molecule has 0 radical (unpaired) electrons. The quantitative estimate of drug-likeness (QED) is 0.488. The number of hydrogen-bond donors (Lipinski definition) is 1. The lowest BCUT2D eigenvalue weighted by atomic mass is 10.1. The third-order valence-electron chi connectivity index (χ3n) is 3.26. The van der Waals surface area contributed by atoms with Crippen molar-refractivity contribution in [1.82, 2.24) is 0 Å². The highest BCUT2D eigenvalue weighted by atomic mass is 32.2. The summed E-state index contributed by atoms with van der Waals surface area (Å²) in [5.41, 5.74) is 8.16. The van der Waals surface area contributed by atoms with E-state index in [4.69, 9.17) is 5.73 Å². The van der Waals surface area contributed by atoms with Crippen molar-refractivity contribution >= 4 is 46.1 Å². The molecule has 2 aromatic rings. The molecule has 0 saturated heterocycles. The first-order valence-corrected chi connectivity index (χ1v) is 8.68. The maximum absolute atomic E-state index is 11.8. The molecular formula is C17H17NO3S2. The van der Waals surface area contributed by atoms with Crippen molar-refractivity contribution in [3.05, 3.63) is 35.2 Å². The molecule has 1 aromatic carbocycles. The molecule has 0 fully saturated rings. The van der Waals surface area contributed by atoms with E-state index in [-0.39, 0.29) is 17.3 Å². The van der Waals surface area contributed by atoms with Crippen molar-refractivity contribution in [2.45, 2.75) is 30.2 Å². The Morgan fingerprint density at radius 2 is 1.61 bits per heavy atom. The minimum atomic E-state index is -0.782. The van der Waals surface area contributed by atoms with Gasteiger partial charge in [-0.2, -0.15) is 0 Å². The monoisotopic (exact) mass is 347 g/mol. The maximum Gasteiger partial charge on any atom is 0.171 e. The zero-order valence-electron chi connectivity index (χ0n) is 13.1. The standard InChI is InChI=1S/C17H17NO3S2/c1-9(19)15(10(2)20)22-17-13(12-7-5-4-6-8-12)14(18)16(23-17)11(3)21/h4-8,15H,18H2,1-3H3. The van der Waals surface area contributed by atoms with Crippen LogP contribution in [0.4, 0.5) is 5.69 Å². The van der Waals surface area contributed by atoms with Gasteiger partial charge in [-0.25, -0.2) is 0 Å². The third kappa shape index (κ3) is 3.71. The Balaban J connectivity index is 2.58. The molecule has 120 valence electrons. The fourth-order valence-electron chi connectivity index (χ4n) is 2.20. The Morgan fingerprint density at radius 1 is 1.04 bits per heavy atom. The van der Waals surface area contributed by atoms with Gasteiger partial charge in [0.15, 0.2) is 17.3 Å². The summed E-state index contributed by atoms with van der Waals surface area (Å²) in [6.07, 6.45) is 0. The topological polar surface area (TPSA) is 77.2 Å². The molecule has 1 aromatic heterocycles. The first-order chi connectivity index (χ1) is 10.8. The molecule has 2 rings (SSSR count). The van der Waals surface area contributed by atoms with E-state index in [2.05, 4.69) is 0 Å². The Kier molecular flexibility index (Phi) is 5.38. The predicted molar refractivity (Wildman–Crippen MR) is 95.2 cm³/mol. The van der Waals surface area contributed by atoms with Crippen LogP contribution in [0, 0.1) is 0 Å². The van der Waals surface area contributed by atoms with Crippen molar-refractivity contribution < 1.29 is 14.4 Å². The second-order valence-electron chi connectivity index (χ2n) is 5.15. The molecule has 0 saturated carbocycles. The second kappa shape index (κ2) is 7.10. The van der Waals surface area contributed by atoms with Gasteiger partial charge in [-0.3, -0.25) is 14.4 Å². The second-order valence-corrected chi connectivity index (χ2v) is 7.54. The van der Waals surface area contributed by atoms with Crippen molar-refractivity contribution in [2.24, 2.45) is 0 Å². The number of Topliss-reactive ketones (excluding diaryl/α,β-unsaturated/α-hetero) is 3. The van der Waals surface area contributed by atoms with Crippen LogP contribution in [0.5, 0.6) is 0 Å². The van der Waals surface area contributed by atoms with Crippen molar-refractivity contribution in [3.8, 4) is 11.1 Å². The molecule has 2 N–H and O–H groups in total. The minimum absolute atomic E-state index is 0.126. The fourth-order valence-corrected chi connectivity index (χ4v) is 4.70. The number of anilines is 1. The molecule has 0 amide bonds. The lowest BCUT2D eigenvalue weighted by molar-refractivity contribution is -0.123. The molecule has 0 aliphatic rings. The number of rotatable bonds is 6. The number of hydrogen-bond acceptors (Lipinski definition) is 6. The van der Waals surface area contributed by atoms with E-state index in [1.165, 1.54) is 43.9 Å². The van der Waals surface area contributed by atoms with Gasteiger partial charge in [-0.15, -0.1) is 11.3 Å². The van der Waals surface area contributed by atoms with Crippen LogP contribution in [0.3, 0.4) is 0 Å². The number of nitrogen functional groups attached to an aromatic ring is 1. The van der Waals surface area contributed by atoms with E-state index in [0.29, 0.717) is 14.8 Å². The lowest BCUT2D eigenvalue weighted by Crippen LogP contribution is -2.21. The first kappa shape index (κ1) is 17.4. The SMILES string of the molecule is CC(=O)c1sc(SC(C(C)=O)C(C)=O)c(-c2ccccc2)c1N. The van der Waals surface area contributed by atoms with Gasteiger partial charge >= 0.3 is 0 Å². The number of ketones is 3. The van der Waals surface area contributed by atoms with Crippen LogP contribution in [0.25, 0.3) is 11.1 Å². The van der Waals surface area contributed by atoms with Crippen LogP contribution in [0.2, 0.25) is 0 Å². The molecule has 0 spiro atoms. The van der Waals surface area contributed by atoms with E-state index in [1.54, 1.807) is 0 Å². The van der Waals surface area contributed by atoms with Crippen molar-refractivity contribution in [3.63, 3.8) is 0 Å². The van der Waals surface area contributed by atoms with Crippen LogP contribution in [-0.4, -0.2) is 22.6 Å². The lowest BCUT2D eigenvalue weighted by Gasteiger charge is -2.10. The van der Waals surface area contributed by atoms with Crippen LogP contribution in [0.15, 0.2) is 34.5 Å². The number of thioether (sulfide) groups is 1. The van der Waals surface area contributed by atoms with E-state index >= 15 is 0 Å². The number of nitrogens with two attached hydrogens (primary N) is 1. The van der Waals surface area contributed by atoms with Gasteiger partial charge in [-0.05, 0) is 19.4 Å². The Morgan fingerprint density at radius 3 is 2.09 bits per heavy atom. The van der Waals surface area contributed by atoms with E-state index in [9.17, 15) is 14.4 Å². The summed E-state index contributed by atoms with van der Waals surface area (Å²) in [4.78, 5) is 35.7. The summed E-state index contributed by atoms with van der Waals surface area (Å²) < 4.78 is 0.717. The van der Waals surface area contributed by atoms with Gasteiger partial charge in [0, 0.05) is 12.5 Å². The van der Waals surface area contributed by atoms with E-state index < -0.39 is 5.25 Å². The molecule has 4 nitrogen and oxygen atoms in total. The summed E-state index contributed by atoms with van der Waals surface area (Å²) in [7, 11) is 0. The third-order valence-corrected chi connectivity index (χ3v) is 6.22. The number of thiophene rings is 1. The summed E-state index contributed by atoms with van der Waals surface area (Å²) in [5.74, 6) is -0.547.